The van der Waals surface area contributed by atoms with Crippen molar-refractivity contribution in [2.45, 2.75) is 24.0 Å². The van der Waals surface area contributed by atoms with Crippen LogP contribution in [0.3, 0.4) is 0 Å². The van der Waals surface area contributed by atoms with Gasteiger partial charge in [0.2, 0.25) is 0 Å². The zero-order valence-electron chi connectivity index (χ0n) is 15.8. The molecule has 12 heteroatoms. The predicted octanol–water partition coefficient (Wildman–Crippen LogP) is 3.21. The second kappa shape index (κ2) is 8.69. The summed E-state index contributed by atoms with van der Waals surface area (Å²) in [6.45, 7) is 1.12. The quantitative estimate of drug-likeness (QED) is 0.516. The van der Waals surface area contributed by atoms with Gasteiger partial charge in [0.1, 0.15) is 12.4 Å². The van der Waals surface area contributed by atoms with Crippen LogP contribution < -0.4 is 10.1 Å². The van der Waals surface area contributed by atoms with Gasteiger partial charge in [0.15, 0.2) is 9.84 Å². The molecule has 0 spiro atoms. The second-order valence-electron chi connectivity index (χ2n) is 6.42. The van der Waals surface area contributed by atoms with Crippen molar-refractivity contribution >= 4 is 21.4 Å². The maximum absolute atomic E-state index is 13.0. The van der Waals surface area contributed by atoms with Gasteiger partial charge in [-0.05, 0) is 25.1 Å². The second-order valence-corrected chi connectivity index (χ2v) is 8.44. The van der Waals surface area contributed by atoms with Crippen LogP contribution in [0, 0.1) is 10.1 Å². The van der Waals surface area contributed by atoms with Crippen LogP contribution in [0.25, 0.3) is 0 Å². The number of para-hydroxylation sites is 1. The molecule has 0 aliphatic rings. The van der Waals surface area contributed by atoms with Gasteiger partial charge in [-0.2, -0.15) is 13.2 Å². The number of non-ortho nitro benzene ring substituents is 1. The van der Waals surface area contributed by atoms with E-state index in [-0.39, 0.29) is 12.2 Å². The molecule has 0 aliphatic heterocycles. The van der Waals surface area contributed by atoms with Gasteiger partial charge in [-0.25, -0.2) is 8.42 Å². The summed E-state index contributed by atoms with van der Waals surface area (Å²) in [5, 5.41) is 13.4. The number of alkyl halides is 3. The van der Waals surface area contributed by atoms with Gasteiger partial charge in [0.25, 0.3) is 11.6 Å². The number of rotatable bonds is 7. The van der Waals surface area contributed by atoms with Crippen LogP contribution >= 0.6 is 0 Å². The number of hydrogen-bond donors (Lipinski definition) is 1. The van der Waals surface area contributed by atoms with E-state index in [0.717, 1.165) is 36.6 Å². The number of hydrogen-bond acceptors (Lipinski definition) is 6. The predicted molar refractivity (Wildman–Crippen MR) is 100 cm³/mol. The van der Waals surface area contributed by atoms with Gasteiger partial charge in [-0.3, -0.25) is 14.9 Å². The summed E-state index contributed by atoms with van der Waals surface area (Å²) in [6, 6.07) is 6.48. The van der Waals surface area contributed by atoms with Crippen LogP contribution in [-0.4, -0.2) is 38.2 Å². The molecule has 1 N–H and O–H groups in total. The lowest BCUT2D eigenvalue weighted by molar-refractivity contribution is -0.385. The van der Waals surface area contributed by atoms with E-state index >= 15 is 0 Å². The topological polar surface area (TPSA) is 116 Å². The van der Waals surface area contributed by atoms with E-state index < -0.39 is 54.8 Å². The average molecular weight is 446 g/mol. The van der Waals surface area contributed by atoms with Gasteiger partial charge in [-0.15, -0.1) is 0 Å². The van der Waals surface area contributed by atoms with Crippen molar-refractivity contribution in [1.29, 1.82) is 0 Å². The number of halogens is 3. The van der Waals surface area contributed by atoms with Gasteiger partial charge in [0.05, 0.1) is 21.4 Å². The minimum Gasteiger partial charge on any atom is -0.491 e. The van der Waals surface area contributed by atoms with Crippen molar-refractivity contribution in [2.75, 3.05) is 12.9 Å². The zero-order valence-corrected chi connectivity index (χ0v) is 16.6. The Morgan fingerprint density at radius 3 is 2.43 bits per heavy atom. The lowest BCUT2D eigenvalue weighted by Gasteiger charge is -2.18. The Labute approximate surface area is 169 Å². The molecule has 0 aliphatic carbocycles. The smallest absolute Gasteiger partial charge is 0.419 e. The van der Waals surface area contributed by atoms with Crippen LogP contribution in [0.2, 0.25) is 0 Å². The highest BCUT2D eigenvalue weighted by molar-refractivity contribution is 7.90. The largest absolute Gasteiger partial charge is 0.491 e. The number of carbonyl (C=O) groups is 1. The number of sulfone groups is 1. The summed E-state index contributed by atoms with van der Waals surface area (Å²) in [4.78, 5) is 22.1. The Morgan fingerprint density at radius 2 is 1.87 bits per heavy atom. The third-order valence-corrected chi connectivity index (χ3v) is 4.94. The first kappa shape index (κ1) is 23.1. The first-order valence-electron chi connectivity index (χ1n) is 8.38. The summed E-state index contributed by atoms with van der Waals surface area (Å²) in [7, 11) is -3.82. The summed E-state index contributed by atoms with van der Waals surface area (Å²) in [5.74, 6) is -1.26. The number of nitrogens with one attached hydrogen (secondary N) is 1. The van der Waals surface area contributed by atoms with Gasteiger partial charge in [0, 0.05) is 24.0 Å². The van der Waals surface area contributed by atoms with Gasteiger partial charge in [-0.1, -0.05) is 12.1 Å². The molecule has 0 saturated heterocycles. The highest BCUT2D eigenvalue weighted by atomic mass is 32.2. The number of amides is 1. The fourth-order valence-corrected chi connectivity index (χ4v) is 3.10. The Hall–Kier alpha value is -3.15. The molecule has 30 heavy (non-hydrogen) atoms. The van der Waals surface area contributed by atoms with Crippen LogP contribution in [0.5, 0.6) is 5.75 Å². The molecule has 2 rings (SSSR count). The first-order chi connectivity index (χ1) is 13.8. The summed E-state index contributed by atoms with van der Waals surface area (Å²) in [6.07, 6.45) is -3.78. The normalized spacial score (nSPS) is 12.8. The minimum absolute atomic E-state index is 0.285. The molecule has 2 aromatic carbocycles. The third kappa shape index (κ3) is 5.92. The number of nitrogens with zero attached hydrogens (tertiary/aromatic N) is 1. The fraction of sp³-hybridized carbons (Fsp3) is 0.278. The van der Waals surface area contributed by atoms with Crippen molar-refractivity contribution in [2.24, 2.45) is 0 Å². The molecule has 0 fully saturated rings. The number of benzene rings is 2. The highest BCUT2D eigenvalue weighted by Crippen LogP contribution is 2.35. The third-order valence-electron chi connectivity index (χ3n) is 3.85. The van der Waals surface area contributed by atoms with E-state index in [9.17, 15) is 36.5 Å². The molecule has 8 nitrogen and oxygen atoms in total. The molecule has 0 bridgehead atoms. The summed E-state index contributed by atoms with van der Waals surface area (Å²) >= 11 is 0. The molecule has 1 atom stereocenters. The molecule has 2 aromatic rings. The molecule has 0 saturated carbocycles. The van der Waals surface area contributed by atoms with Crippen LogP contribution in [0.1, 0.15) is 22.8 Å². The van der Waals surface area contributed by atoms with Crippen LogP contribution in [0.15, 0.2) is 47.4 Å². The molecule has 0 aromatic heterocycles. The molecule has 1 unspecified atom stereocenters. The number of nitro groups is 1. The van der Waals surface area contributed by atoms with Crippen LogP contribution in [-0.2, 0) is 16.0 Å². The molecule has 0 radical (unpaired) electrons. The standard InChI is InChI=1S/C18H17F3N2O6S/c1-11(10-29-16-6-4-3-5-15(16)18(19,20)21)22-17(24)12-7-13(23(25)26)9-14(8-12)30(2,27)28/h3-9,11H,10H2,1-2H3,(H,22,24). The van der Waals surface area contributed by atoms with Crippen molar-refractivity contribution in [3.05, 3.63) is 63.7 Å². The Kier molecular flexibility index (Phi) is 6.70. The maximum Gasteiger partial charge on any atom is 0.419 e. The lowest BCUT2D eigenvalue weighted by Crippen LogP contribution is -2.37. The molecule has 1 amide bonds. The number of nitro benzene ring substituents is 1. The monoisotopic (exact) mass is 446 g/mol. The Bertz CT molecular complexity index is 1070. The van der Waals surface area contributed by atoms with E-state index in [0.29, 0.717) is 0 Å². The summed E-state index contributed by atoms with van der Waals surface area (Å²) in [5.41, 5.74) is -1.85. The van der Waals surface area contributed by atoms with E-state index in [1.165, 1.54) is 19.1 Å². The fourth-order valence-electron chi connectivity index (χ4n) is 2.42. The molecular weight excluding hydrogens is 429 g/mol. The van der Waals surface area contributed by atoms with Crippen molar-refractivity contribution in [3.63, 3.8) is 0 Å². The van der Waals surface area contributed by atoms with E-state index in [1.807, 2.05) is 0 Å². The van der Waals surface area contributed by atoms with Crippen molar-refractivity contribution < 1.29 is 36.0 Å². The van der Waals surface area contributed by atoms with Crippen molar-refractivity contribution in [1.82, 2.24) is 5.32 Å². The van der Waals surface area contributed by atoms with Crippen LogP contribution in [0.4, 0.5) is 18.9 Å². The van der Waals surface area contributed by atoms with Gasteiger partial charge >= 0.3 is 6.18 Å². The zero-order chi connectivity index (χ0) is 22.7. The molecular formula is C18H17F3N2O6S. The average Bonchev–Trinajstić information content (AvgIpc) is 2.64. The number of ether oxygens (including phenoxy) is 1. The lowest BCUT2D eigenvalue weighted by atomic mass is 10.1. The van der Waals surface area contributed by atoms with E-state index in [2.05, 4.69) is 5.32 Å². The SMILES string of the molecule is CC(COc1ccccc1C(F)(F)F)NC(=O)c1cc([N+](=O)[O-])cc(S(C)(=O)=O)c1. The Balaban J connectivity index is 2.15. The van der Waals surface area contributed by atoms with E-state index in [1.54, 1.807) is 0 Å². The van der Waals surface area contributed by atoms with E-state index in [4.69, 9.17) is 4.74 Å². The highest BCUT2D eigenvalue weighted by Gasteiger charge is 2.34. The van der Waals surface area contributed by atoms with Gasteiger partial charge < -0.3 is 10.1 Å². The maximum atomic E-state index is 13.0. The van der Waals surface area contributed by atoms with Crippen molar-refractivity contribution in [3.8, 4) is 5.75 Å². The number of carbonyl (C=O) groups excluding carboxylic acids is 1. The molecule has 162 valence electrons. The molecule has 0 heterocycles. The first-order valence-corrected chi connectivity index (χ1v) is 10.3. The minimum atomic E-state index is -4.62. The Morgan fingerprint density at radius 1 is 1.23 bits per heavy atom. The summed E-state index contributed by atoms with van der Waals surface area (Å²) < 4.78 is 67.5.